The van der Waals surface area contributed by atoms with E-state index in [0.29, 0.717) is 0 Å². The molecule has 0 saturated carbocycles. The Kier molecular flexibility index (Phi) is 5.70. The van der Waals surface area contributed by atoms with E-state index >= 15 is 0 Å². The van der Waals surface area contributed by atoms with Crippen molar-refractivity contribution in [1.82, 2.24) is 0 Å². The molecule has 0 bridgehead atoms. The molecule has 0 saturated heterocycles. The number of aryl methyl sites for hydroxylation is 1. The summed E-state index contributed by atoms with van der Waals surface area (Å²) in [5.74, 6) is 0.991. The second kappa shape index (κ2) is 7.53. The van der Waals surface area contributed by atoms with E-state index < -0.39 is 0 Å². The van der Waals surface area contributed by atoms with E-state index in [1.807, 2.05) is 18.2 Å². The van der Waals surface area contributed by atoms with Crippen molar-refractivity contribution in [3.8, 4) is 5.75 Å². The van der Waals surface area contributed by atoms with E-state index in [9.17, 15) is 0 Å². The lowest BCUT2D eigenvalue weighted by molar-refractivity contribution is 0.193. The predicted molar refractivity (Wildman–Crippen MR) is 89.1 cm³/mol. The highest BCUT2D eigenvalue weighted by Gasteiger charge is 2.13. The van der Waals surface area contributed by atoms with Gasteiger partial charge in [0.15, 0.2) is 0 Å². The van der Waals surface area contributed by atoms with Crippen molar-refractivity contribution in [2.24, 2.45) is 0 Å². The maximum atomic E-state index is 6.23. The van der Waals surface area contributed by atoms with Crippen molar-refractivity contribution in [3.63, 3.8) is 0 Å². The molecule has 0 N–H and O–H groups in total. The molecule has 2 aromatic rings. The molecule has 1 nitrogen and oxygen atoms in total. The van der Waals surface area contributed by atoms with Gasteiger partial charge in [-0.15, -0.1) is 0 Å². The molecule has 1 unspecified atom stereocenters. The minimum absolute atomic E-state index is 0.150. The van der Waals surface area contributed by atoms with Crippen LogP contribution >= 0.6 is 22.6 Å². The Hall–Kier alpha value is -1.03. The molecule has 2 rings (SSSR count). The standard InChI is InChI=1S/C17H19IO/c1-14-8-5-6-11-16(14)19-17(12-7-13-18)15-9-3-2-4-10-15/h2-6,8-11,17H,7,12-13H2,1H3. The van der Waals surface area contributed by atoms with Gasteiger partial charge in [-0.05, 0) is 41.4 Å². The number of ether oxygens (including phenoxy) is 1. The highest BCUT2D eigenvalue weighted by molar-refractivity contribution is 14.1. The smallest absolute Gasteiger partial charge is 0.124 e. The monoisotopic (exact) mass is 366 g/mol. The van der Waals surface area contributed by atoms with Gasteiger partial charge in [0.25, 0.3) is 0 Å². The average Bonchev–Trinajstić information content (AvgIpc) is 2.46. The first-order valence-corrected chi connectivity index (χ1v) is 8.17. The van der Waals surface area contributed by atoms with E-state index in [2.05, 4.69) is 65.9 Å². The Balaban J connectivity index is 2.17. The summed E-state index contributed by atoms with van der Waals surface area (Å²) < 4.78 is 7.39. The lowest BCUT2D eigenvalue weighted by Crippen LogP contribution is -2.08. The van der Waals surface area contributed by atoms with Crippen LogP contribution in [-0.2, 0) is 0 Å². The fourth-order valence-corrected chi connectivity index (χ4v) is 2.51. The number of hydrogen-bond acceptors (Lipinski definition) is 1. The van der Waals surface area contributed by atoms with Crippen molar-refractivity contribution >= 4 is 22.6 Å². The Morgan fingerprint density at radius 1 is 1.00 bits per heavy atom. The molecule has 0 aliphatic carbocycles. The fraction of sp³-hybridized carbons (Fsp3) is 0.294. The summed E-state index contributed by atoms with van der Waals surface area (Å²) >= 11 is 2.42. The van der Waals surface area contributed by atoms with Crippen LogP contribution in [-0.4, -0.2) is 4.43 Å². The molecule has 0 heterocycles. The normalized spacial score (nSPS) is 12.1. The second-order valence-electron chi connectivity index (χ2n) is 4.61. The lowest BCUT2D eigenvalue weighted by Gasteiger charge is -2.20. The Labute approximate surface area is 129 Å². The number of hydrogen-bond donors (Lipinski definition) is 0. The van der Waals surface area contributed by atoms with Crippen molar-refractivity contribution in [2.45, 2.75) is 25.9 Å². The molecule has 2 heteroatoms. The van der Waals surface area contributed by atoms with Crippen molar-refractivity contribution in [2.75, 3.05) is 4.43 Å². The van der Waals surface area contributed by atoms with Crippen LogP contribution in [0, 0.1) is 6.92 Å². The average molecular weight is 366 g/mol. The van der Waals surface area contributed by atoms with E-state index in [0.717, 1.165) is 16.6 Å². The summed E-state index contributed by atoms with van der Waals surface area (Å²) in [7, 11) is 0. The third kappa shape index (κ3) is 4.23. The van der Waals surface area contributed by atoms with Crippen LogP contribution in [0.25, 0.3) is 0 Å². The third-order valence-corrected chi connectivity index (χ3v) is 3.90. The Morgan fingerprint density at radius 2 is 1.68 bits per heavy atom. The van der Waals surface area contributed by atoms with Gasteiger partial charge in [-0.2, -0.15) is 0 Å². The van der Waals surface area contributed by atoms with E-state index in [1.165, 1.54) is 17.5 Å². The van der Waals surface area contributed by atoms with Crippen LogP contribution < -0.4 is 4.74 Å². The van der Waals surface area contributed by atoms with Crippen LogP contribution in [0.5, 0.6) is 5.75 Å². The summed E-state index contributed by atoms with van der Waals surface area (Å²) in [6, 6.07) is 18.7. The van der Waals surface area contributed by atoms with E-state index in [4.69, 9.17) is 4.74 Å². The Morgan fingerprint density at radius 3 is 2.37 bits per heavy atom. The largest absolute Gasteiger partial charge is 0.485 e. The quantitative estimate of drug-likeness (QED) is 0.496. The first kappa shape index (κ1) is 14.4. The molecule has 0 radical (unpaired) electrons. The minimum Gasteiger partial charge on any atom is -0.485 e. The van der Waals surface area contributed by atoms with Gasteiger partial charge in [0.05, 0.1) is 0 Å². The number of halogens is 1. The summed E-state index contributed by atoms with van der Waals surface area (Å²) in [5.41, 5.74) is 2.45. The SMILES string of the molecule is Cc1ccccc1OC(CCCI)c1ccccc1. The number of para-hydroxylation sites is 1. The maximum absolute atomic E-state index is 6.23. The maximum Gasteiger partial charge on any atom is 0.124 e. The summed E-state index contributed by atoms with van der Waals surface area (Å²) in [4.78, 5) is 0. The highest BCUT2D eigenvalue weighted by Crippen LogP contribution is 2.28. The van der Waals surface area contributed by atoms with Gasteiger partial charge < -0.3 is 4.74 Å². The molecule has 2 aromatic carbocycles. The Bertz CT molecular complexity index is 496. The third-order valence-electron chi connectivity index (χ3n) is 3.13. The summed E-state index contributed by atoms with van der Waals surface area (Å²) in [6.07, 6.45) is 2.38. The molecule has 0 aliphatic heterocycles. The summed E-state index contributed by atoms with van der Waals surface area (Å²) in [5, 5.41) is 0. The van der Waals surface area contributed by atoms with Crippen LogP contribution in [0.3, 0.4) is 0 Å². The second-order valence-corrected chi connectivity index (χ2v) is 5.69. The van der Waals surface area contributed by atoms with Gasteiger partial charge in [0.2, 0.25) is 0 Å². The molecular weight excluding hydrogens is 347 g/mol. The molecule has 0 fully saturated rings. The van der Waals surface area contributed by atoms with Crippen LogP contribution in [0.1, 0.15) is 30.1 Å². The minimum atomic E-state index is 0.150. The molecular formula is C17H19IO. The highest BCUT2D eigenvalue weighted by atomic mass is 127. The van der Waals surface area contributed by atoms with Gasteiger partial charge in [0, 0.05) is 0 Å². The zero-order valence-corrected chi connectivity index (χ0v) is 13.3. The van der Waals surface area contributed by atoms with Crippen LogP contribution in [0.15, 0.2) is 54.6 Å². The van der Waals surface area contributed by atoms with Crippen molar-refractivity contribution in [1.29, 1.82) is 0 Å². The molecule has 0 aliphatic rings. The van der Waals surface area contributed by atoms with Gasteiger partial charge >= 0.3 is 0 Å². The molecule has 0 amide bonds. The van der Waals surface area contributed by atoms with Gasteiger partial charge in [-0.1, -0.05) is 71.1 Å². The number of alkyl halides is 1. The van der Waals surface area contributed by atoms with Crippen molar-refractivity contribution < 1.29 is 4.74 Å². The van der Waals surface area contributed by atoms with Crippen LogP contribution in [0.4, 0.5) is 0 Å². The zero-order chi connectivity index (χ0) is 13.5. The van der Waals surface area contributed by atoms with Gasteiger partial charge in [-0.3, -0.25) is 0 Å². The fourth-order valence-electron chi connectivity index (χ4n) is 2.07. The predicted octanol–water partition coefficient (Wildman–Crippen LogP) is 5.33. The molecule has 1 atom stereocenters. The van der Waals surface area contributed by atoms with Crippen molar-refractivity contribution in [3.05, 3.63) is 65.7 Å². The van der Waals surface area contributed by atoms with E-state index in [1.54, 1.807) is 0 Å². The van der Waals surface area contributed by atoms with E-state index in [-0.39, 0.29) is 6.10 Å². The number of benzene rings is 2. The topological polar surface area (TPSA) is 9.23 Å². The summed E-state index contributed by atoms with van der Waals surface area (Å²) in [6.45, 7) is 2.09. The molecule has 0 aromatic heterocycles. The lowest BCUT2D eigenvalue weighted by atomic mass is 10.0. The van der Waals surface area contributed by atoms with Crippen LogP contribution in [0.2, 0.25) is 0 Å². The first-order valence-electron chi connectivity index (χ1n) is 6.64. The first-order chi connectivity index (χ1) is 9.31. The number of rotatable bonds is 6. The molecule has 19 heavy (non-hydrogen) atoms. The molecule has 100 valence electrons. The molecule has 0 spiro atoms. The zero-order valence-electron chi connectivity index (χ0n) is 11.2. The van der Waals surface area contributed by atoms with Gasteiger partial charge in [0.1, 0.15) is 11.9 Å². The van der Waals surface area contributed by atoms with Gasteiger partial charge in [-0.25, -0.2) is 0 Å².